The summed E-state index contributed by atoms with van der Waals surface area (Å²) in [5, 5.41) is 16.4. The number of anilines is 2. The molecule has 0 spiro atoms. The highest BCUT2D eigenvalue weighted by atomic mass is 16.3. The smallest absolute Gasteiger partial charge is 0.224 e. The van der Waals surface area contributed by atoms with Gasteiger partial charge in [-0.05, 0) is 26.2 Å². The fourth-order valence-corrected chi connectivity index (χ4v) is 2.91. The topological polar surface area (TPSA) is 70.1 Å². The zero-order chi connectivity index (χ0) is 15.1. The fraction of sp³-hybridized carbons (Fsp3) is 0.750. The molecule has 1 aromatic rings. The first-order valence-electron chi connectivity index (χ1n) is 8.11. The van der Waals surface area contributed by atoms with Crippen molar-refractivity contribution in [3.05, 3.63) is 11.8 Å². The lowest BCUT2D eigenvalue weighted by atomic mass is 9.74. The molecule has 1 aromatic heterocycles. The van der Waals surface area contributed by atoms with Gasteiger partial charge in [0.1, 0.15) is 5.82 Å². The molecule has 0 aromatic carbocycles. The van der Waals surface area contributed by atoms with E-state index < -0.39 is 0 Å². The van der Waals surface area contributed by atoms with Gasteiger partial charge in [-0.3, -0.25) is 0 Å². The van der Waals surface area contributed by atoms with Gasteiger partial charge < -0.3 is 15.7 Å². The van der Waals surface area contributed by atoms with Crippen LogP contribution in [0.3, 0.4) is 0 Å². The van der Waals surface area contributed by atoms with Crippen LogP contribution in [0.5, 0.6) is 0 Å². The van der Waals surface area contributed by atoms with Crippen LogP contribution >= 0.6 is 0 Å². The van der Waals surface area contributed by atoms with Crippen LogP contribution in [-0.2, 0) is 0 Å². The Hall–Kier alpha value is -1.36. The van der Waals surface area contributed by atoms with Gasteiger partial charge in [-0.2, -0.15) is 4.98 Å². The van der Waals surface area contributed by atoms with E-state index in [1.807, 2.05) is 13.1 Å². The molecule has 1 aliphatic carbocycles. The van der Waals surface area contributed by atoms with E-state index in [-0.39, 0.29) is 12.0 Å². The summed E-state index contributed by atoms with van der Waals surface area (Å²) in [5.41, 5.74) is 1.06. The van der Waals surface area contributed by atoms with E-state index in [9.17, 15) is 5.11 Å². The lowest BCUT2D eigenvalue weighted by Gasteiger charge is -2.36. The molecule has 0 atom stereocenters. The van der Waals surface area contributed by atoms with Crippen molar-refractivity contribution in [1.29, 1.82) is 0 Å². The molecule has 1 saturated carbocycles. The van der Waals surface area contributed by atoms with Gasteiger partial charge >= 0.3 is 0 Å². The molecule has 118 valence electrons. The van der Waals surface area contributed by atoms with Crippen LogP contribution in [-0.4, -0.2) is 34.8 Å². The highest BCUT2D eigenvalue weighted by Crippen LogP contribution is 2.36. The van der Waals surface area contributed by atoms with E-state index in [0.29, 0.717) is 5.95 Å². The zero-order valence-electron chi connectivity index (χ0n) is 13.3. The van der Waals surface area contributed by atoms with Gasteiger partial charge in [0.15, 0.2) is 0 Å². The van der Waals surface area contributed by atoms with E-state index in [4.69, 9.17) is 0 Å². The van der Waals surface area contributed by atoms with Gasteiger partial charge in [0.25, 0.3) is 0 Å². The van der Waals surface area contributed by atoms with E-state index in [0.717, 1.165) is 43.7 Å². The van der Waals surface area contributed by atoms with Crippen LogP contribution in [0.1, 0.15) is 51.0 Å². The number of hydrogen-bond acceptors (Lipinski definition) is 5. The third-order valence-electron chi connectivity index (χ3n) is 4.39. The molecule has 1 fully saturated rings. The summed E-state index contributed by atoms with van der Waals surface area (Å²) in [6.07, 6.45) is 8.82. The Labute approximate surface area is 127 Å². The Morgan fingerprint density at radius 1 is 1.24 bits per heavy atom. The van der Waals surface area contributed by atoms with Crippen molar-refractivity contribution in [3.63, 3.8) is 0 Å². The Morgan fingerprint density at radius 3 is 2.67 bits per heavy atom. The average Bonchev–Trinajstić information content (AvgIpc) is 2.53. The second-order valence-corrected chi connectivity index (χ2v) is 6.22. The first kappa shape index (κ1) is 16.0. The maximum atomic E-state index is 9.77. The van der Waals surface area contributed by atoms with Crippen LogP contribution in [0, 0.1) is 12.3 Å². The molecule has 3 N–H and O–H groups in total. The minimum absolute atomic E-state index is 0.0205. The maximum absolute atomic E-state index is 9.77. The SMILES string of the molecule is CCCNc1ncc(C)c(NCC2(CO)CCCCC2)n1. The summed E-state index contributed by atoms with van der Waals surface area (Å²) in [4.78, 5) is 8.84. The summed E-state index contributed by atoms with van der Waals surface area (Å²) in [6, 6.07) is 0. The third-order valence-corrected chi connectivity index (χ3v) is 4.39. The average molecular weight is 292 g/mol. The van der Waals surface area contributed by atoms with Crippen LogP contribution in [0.4, 0.5) is 11.8 Å². The van der Waals surface area contributed by atoms with Crippen molar-refractivity contribution in [2.75, 3.05) is 30.3 Å². The van der Waals surface area contributed by atoms with Gasteiger partial charge in [-0.1, -0.05) is 26.2 Å². The Balaban J connectivity index is 2.00. The van der Waals surface area contributed by atoms with Gasteiger partial charge in [0, 0.05) is 30.3 Å². The van der Waals surface area contributed by atoms with Crippen molar-refractivity contribution in [1.82, 2.24) is 9.97 Å². The Kier molecular flexibility index (Phi) is 5.79. The van der Waals surface area contributed by atoms with E-state index >= 15 is 0 Å². The number of aliphatic hydroxyl groups is 1. The predicted molar refractivity (Wildman–Crippen MR) is 86.6 cm³/mol. The van der Waals surface area contributed by atoms with Crippen LogP contribution in [0.2, 0.25) is 0 Å². The number of aliphatic hydroxyl groups excluding tert-OH is 1. The van der Waals surface area contributed by atoms with Crippen LogP contribution in [0.25, 0.3) is 0 Å². The largest absolute Gasteiger partial charge is 0.396 e. The summed E-state index contributed by atoms with van der Waals surface area (Å²) in [6.45, 7) is 6.05. The molecule has 2 rings (SSSR count). The van der Waals surface area contributed by atoms with E-state index in [1.54, 1.807) is 0 Å². The maximum Gasteiger partial charge on any atom is 0.224 e. The summed E-state index contributed by atoms with van der Waals surface area (Å²) in [5.74, 6) is 1.55. The molecule has 0 unspecified atom stereocenters. The highest BCUT2D eigenvalue weighted by molar-refractivity contribution is 5.46. The number of nitrogens with one attached hydrogen (secondary N) is 2. The summed E-state index contributed by atoms with van der Waals surface area (Å²) < 4.78 is 0. The van der Waals surface area contributed by atoms with Crippen molar-refractivity contribution in [2.24, 2.45) is 5.41 Å². The minimum Gasteiger partial charge on any atom is -0.396 e. The van der Waals surface area contributed by atoms with E-state index in [1.165, 1.54) is 19.3 Å². The van der Waals surface area contributed by atoms with Crippen molar-refractivity contribution >= 4 is 11.8 Å². The number of aryl methyl sites for hydroxylation is 1. The molecular weight excluding hydrogens is 264 g/mol. The number of aromatic nitrogens is 2. The molecule has 21 heavy (non-hydrogen) atoms. The van der Waals surface area contributed by atoms with Crippen molar-refractivity contribution in [2.45, 2.75) is 52.4 Å². The monoisotopic (exact) mass is 292 g/mol. The quantitative estimate of drug-likeness (QED) is 0.721. The lowest BCUT2D eigenvalue weighted by molar-refractivity contribution is 0.0943. The van der Waals surface area contributed by atoms with Crippen molar-refractivity contribution < 1.29 is 5.11 Å². The normalized spacial score (nSPS) is 17.5. The minimum atomic E-state index is 0.0205. The number of nitrogens with zero attached hydrogens (tertiary/aromatic N) is 2. The number of rotatable bonds is 7. The summed E-state index contributed by atoms with van der Waals surface area (Å²) >= 11 is 0. The van der Waals surface area contributed by atoms with Crippen LogP contribution in [0.15, 0.2) is 6.20 Å². The molecule has 0 radical (unpaired) electrons. The Bertz CT molecular complexity index is 444. The molecular formula is C16H28N4O. The molecule has 1 heterocycles. The van der Waals surface area contributed by atoms with Gasteiger partial charge in [-0.25, -0.2) is 4.98 Å². The second kappa shape index (κ2) is 7.59. The molecule has 5 heteroatoms. The van der Waals surface area contributed by atoms with E-state index in [2.05, 4.69) is 27.5 Å². The standard InChI is InChI=1S/C16H28N4O/c1-3-9-17-15-18-10-13(2)14(20-15)19-11-16(12-21)7-5-4-6-8-16/h10,21H,3-9,11-12H2,1-2H3,(H2,17,18,19,20). The van der Waals surface area contributed by atoms with Gasteiger partial charge in [0.05, 0.1) is 6.61 Å². The molecule has 5 nitrogen and oxygen atoms in total. The van der Waals surface area contributed by atoms with Gasteiger partial charge in [-0.15, -0.1) is 0 Å². The van der Waals surface area contributed by atoms with Gasteiger partial charge in [0.2, 0.25) is 5.95 Å². The summed E-state index contributed by atoms with van der Waals surface area (Å²) in [7, 11) is 0. The fourth-order valence-electron chi connectivity index (χ4n) is 2.91. The first-order valence-corrected chi connectivity index (χ1v) is 8.11. The highest BCUT2D eigenvalue weighted by Gasteiger charge is 2.31. The number of hydrogen-bond donors (Lipinski definition) is 3. The van der Waals surface area contributed by atoms with Crippen LogP contribution < -0.4 is 10.6 Å². The first-order chi connectivity index (χ1) is 10.2. The molecule has 1 aliphatic rings. The predicted octanol–water partition coefficient (Wildman–Crippen LogP) is 2.96. The third kappa shape index (κ3) is 4.30. The molecule has 0 bridgehead atoms. The zero-order valence-corrected chi connectivity index (χ0v) is 13.3. The lowest BCUT2D eigenvalue weighted by Crippen LogP contribution is -2.36. The Morgan fingerprint density at radius 2 is 2.00 bits per heavy atom. The molecule has 0 aliphatic heterocycles. The molecule has 0 amide bonds. The van der Waals surface area contributed by atoms with Crippen molar-refractivity contribution in [3.8, 4) is 0 Å². The second-order valence-electron chi connectivity index (χ2n) is 6.22. The molecule has 0 saturated heterocycles.